The zero-order valence-electron chi connectivity index (χ0n) is 14.3. The minimum atomic E-state index is -0.0328. The topological polar surface area (TPSA) is 140 Å². The summed E-state index contributed by atoms with van der Waals surface area (Å²) in [6.45, 7) is 0. The Balaban J connectivity index is 0.00000182. The molecule has 0 radical (unpaired) electrons. The molecule has 0 spiro atoms. The number of methoxy groups -OCH3 is 1. The number of hydrogen-bond donors (Lipinski definition) is 4. The Kier molecular flexibility index (Phi) is 7.33. The van der Waals surface area contributed by atoms with Crippen molar-refractivity contribution in [2.75, 3.05) is 7.11 Å². The number of hydrogen-bond acceptors (Lipinski definition) is 5. The Morgan fingerprint density at radius 1 is 1.00 bits per heavy atom. The molecule has 0 aliphatic rings. The number of aromatic nitrogens is 3. The summed E-state index contributed by atoms with van der Waals surface area (Å²) in [6, 6.07) is 12.4. The van der Waals surface area contributed by atoms with Crippen LogP contribution in [0.25, 0.3) is 16.9 Å². The van der Waals surface area contributed by atoms with Gasteiger partial charge in [-0.15, -0.1) is 29.9 Å². The van der Waals surface area contributed by atoms with Crippen molar-refractivity contribution in [3.63, 3.8) is 0 Å². The number of ether oxygens (including phenoxy) is 1. The maximum Gasteiger partial charge on any atom is 0.129 e. The monoisotopic (exact) mass is 407 g/mol. The van der Waals surface area contributed by atoms with Gasteiger partial charge in [-0.25, -0.2) is 4.68 Å². The van der Waals surface area contributed by atoms with E-state index in [0.29, 0.717) is 22.6 Å². The minimum Gasteiger partial charge on any atom is -0.496 e. The van der Waals surface area contributed by atoms with Crippen LogP contribution in [0.2, 0.25) is 0 Å². The standard InChI is InChI=1S/C17H17N7O.2ClH/c1-25-15-8-11(17(20)21)5-6-13(15)14-9-24(23-22-14)12-4-2-3-10(7-12)16(18)19;;/h2-9H,1H3,(H3,18,19)(H3,20,21);2*1H. The average Bonchev–Trinajstić information content (AvgIpc) is 3.11. The quantitative estimate of drug-likeness (QED) is 0.379. The second-order valence-electron chi connectivity index (χ2n) is 5.34. The highest BCUT2D eigenvalue weighted by Crippen LogP contribution is 2.29. The molecule has 0 aliphatic carbocycles. The van der Waals surface area contributed by atoms with Crippen molar-refractivity contribution in [1.29, 1.82) is 10.8 Å². The number of nitrogens with two attached hydrogens (primary N) is 2. The summed E-state index contributed by atoms with van der Waals surface area (Å²) in [5.41, 5.74) is 14.3. The summed E-state index contributed by atoms with van der Waals surface area (Å²) in [7, 11) is 1.55. The first-order chi connectivity index (χ1) is 12.0. The van der Waals surface area contributed by atoms with Crippen molar-refractivity contribution in [2.24, 2.45) is 11.5 Å². The summed E-state index contributed by atoms with van der Waals surface area (Å²) in [6.07, 6.45) is 1.75. The van der Waals surface area contributed by atoms with Gasteiger partial charge in [-0.05, 0) is 24.3 Å². The van der Waals surface area contributed by atoms with Gasteiger partial charge in [0.05, 0.1) is 19.0 Å². The van der Waals surface area contributed by atoms with Crippen LogP contribution >= 0.6 is 24.8 Å². The van der Waals surface area contributed by atoms with E-state index in [1.165, 1.54) is 0 Å². The normalized spacial score (nSPS) is 9.67. The van der Waals surface area contributed by atoms with Crippen molar-refractivity contribution < 1.29 is 4.74 Å². The third-order valence-corrected chi connectivity index (χ3v) is 3.70. The molecular formula is C17H19Cl2N7O. The molecule has 0 saturated heterocycles. The zero-order chi connectivity index (χ0) is 18.0. The first-order valence-electron chi connectivity index (χ1n) is 7.39. The molecule has 142 valence electrons. The van der Waals surface area contributed by atoms with Gasteiger partial charge in [0.25, 0.3) is 0 Å². The number of nitrogens with one attached hydrogen (secondary N) is 2. The molecule has 0 saturated carbocycles. The van der Waals surface area contributed by atoms with Gasteiger partial charge in [-0.1, -0.05) is 23.4 Å². The molecule has 3 aromatic rings. The van der Waals surface area contributed by atoms with Gasteiger partial charge in [-0.3, -0.25) is 10.8 Å². The molecule has 10 heteroatoms. The predicted octanol–water partition coefficient (Wildman–Crippen LogP) is 2.35. The lowest BCUT2D eigenvalue weighted by atomic mass is 10.1. The first kappa shape index (κ1) is 21.9. The highest BCUT2D eigenvalue weighted by atomic mass is 35.5. The Labute approximate surface area is 168 Å². The summed E-state index contributed by atoms with van der Waals surface area (Å²) in [5.74, 6) is 0.510. The van der Waals surface area contributed by atoms with Crippen molar-refractivity contribution >= 4 is 36.5 Å². The molecule has 1 heterocycles. The number of nitrogen functional groups attached to an aromatic ring is 2. The van der Waals surface area contributed by atoms with Crippen molar-refractivity contribution in [3.8, 4) is 22.7 Å². The van der Waals surface area contributed by atoms with Gasteiger partial charge in [-0.2, -0.15) is 0 Å². The van der Waals surface area contributed by atoms with Gasteiger partial charge in [0.1, 0.15) is 23.1 Å². The van der Waals surface area contributed by atoms with E-state index in [1.807, 2.05) is 6.07 Å². The number of benzene rings is 2. The van der Waals surface area contributed by atoms with Crippen molar-refractivity contribution in [2.45, 2.75) is 0 Å². The van der Waals surface area contributed by atoms with Gasteiger partial charge >= 0.3 is 0 Å². The van der Waals surface area contributed by atoms with Crippen LogP contribution in [-0.2, 0) is 0 Å². The fourth-order valence-electron chi connectivity index (χ4n) is 2.40. The van der Waals surface area contributed by atoms with Gasteiger partial charge < -0.3 is 16.2 Å². The van der Waals surface area contributed by atoms with Gasteiger partial charge in [0.15, 0.2) is 0 Å². The lowest BCUT2D eigenvalue weighted by Crippen LogP contribution is -2.11. The second kappa shape index (κ2) is 9.02. The molecule has 0 bridgehead atoms. The van der Waals surface area contributed by atoms with Crippen molar-refractivity contribution in [3.05, 3.63) is 59.8 Å². The number of nitrogens with zero attached hydrogens (tertiary/aromatic N) is 3. The summed E-state index contributed by atoms with van der Waals surface area (Å²) < 4.78 is 6.98. The third kappa shape index (κ3) is 4.55. The molecule has 6 N–H and O–H groups in total. The SMILES string of the molecule is COc1cc(C(=N)N)ccc1-c1cn(-c2cccc(C(=N)N)c2)nn1.Cl.Cl. The van der Waals surface area contributed by atoms with E-state index < -0.39 is 0 Å². The van der Waals surface area contributed by atoms with E-state index >= 15 is 0 Å². The smallest absolute Gasteiger partial charge is 0.129 e. The van der Waals surface area contributed by atoms with Crippen LogP contribution in [0.15, 0.2) is 48.7 Å². The average molecular weight is 408 g/mol. The Morgan fingerprint density at radius 3 is 2.30 bits per heavy atom. The van der Waals surface area contributed by atoms with Crippen LogP contribution in [0.3, 0.4) is 0 Å². The van der Waals surface area contributed by atoms with Gasteiger partial charge in [0.2, 0.25) is 0 Å². The van der Waals surface area contributed by atoms with Crippen LogP contribution in [0.5, 0.6) is 5.75 Å². The van der Waals surface area contributed by atoms with E-state index in [4.69, 9.17) is 27.0 Å². The third-order valence-electron chi connectivity index (χ3n) is 3.70. The second-order valence-corrected chi connectivity index (χ2v) is 5.34. The van der Waals surface area contributed by atoms with Crippen LogP contribution in [0.4, 0.5) is 0 Å². The number of rotatable bonds is 5. The minimum absolute atomic E-state index is 0. The Morgan fingerprint density at radius 2 is 1.67 bits per heavy atom. The van der Waals surface area contributed by atoms with Crippen LogP contribution in [0, 0.1) is 10.8 Å². The summed E-state index contributed by atoms with van der Waals surface area (Å²) in [4.78, 5) is 0. The molecule has 0 unspecified atom stereocenters. The maximum absolute atomic E-state index is 7.53. The molecule has 1 aromatic heterocycles. The van der Waals surface area contributed by atoms with Crippen molar-refractivity contribution in [1.82, 2.24) is 15.0 Å². The van der Waals surface area contributed by atoms with E-state index in [0.717, 1.165) is 11.3 Å². The predicted molar refractivity (Wildman–Crippen MR) is 110 cm³/mol. The molecule has 8 nitrogen and oxygen atoms in total. The van der Waals surface area contributed by atoms with Gasteiger partial charge in [0, 0.05) is 16.7 Å². The van der Waals surface area contributed by atoms with Crippen LogP contribution < -0.4 is 16.2 Å². The number of halogens is 2. The molecule has 3 rings (SSSR count). The highest BCUT2D eigenvalue weighted by molar-refractivity contribution is 5.96. The molecule has 0 amide bonds. The highest BCUT2D eigenvalue weighted by Gasteiger charge is 2.13. The molecule has 0 aliphatic heterocycles. The fraction of sp³-hybridized carbons (Fsp3) is 0.0588. The molecule has 2 aromatic carbocycles. The first-order valence-corrected chi connectivity index (χ1v) is 7.39. The summed E-state index contributed by atoms with van der Waals surface area (Å²) >= 11 is 0. The molecule has 27 heavy (non-hydrogen) atoms. The summed E-state index contributed by atoms with van der Waals surface area (Å²) in [5, 5.41) is 23.4. The van der Waals surface area contributed by atoms with E-state index in [1.54, 1.807) is 54.4 Å². The lowest BCUT2D eigenvalue weighted by Gasteiger charge is -2.08. The molecule has 0 atom stereocenters. The van der Waals surface area contributed by atoms with Crippen LogP contribution in [-0.4, -0.2) is 33.8 Å². The lowest BCUT2D eigenvalue weighted by molar-refractivity contribution is 0.416. The van der Waals surface area contributed by atoms with E-state index in [-0.39, 0.29) is 36.5 Å². The maximum atomic E-state index is 7.53. The van der Waals surface area contributed by atoms with Crippen LogP contribution in [0.1, 0.15) is 11.1 Å². The van der Waals surface area contributed by atoms with E-state index in [2.05, 4.69) is 10.3 Å². The zero-order valence-corrected chi connectivity index (χ0v) is 16.0. The molecular weight excluding hydrogens is 389 g/mol. The Hall–Kier alpha value is -3.10. The Bertz CT molecular complexity index is 971. The largest absolute Gasteiger partial charge is 0.496 e. The number of amidine groups is 2. The molecule has 0 fully saturated rings. The fourth-order valence-corrected chi connectivity index (χ4v) is 2.40. The van der Waals surface area contributed by atoms with E-state index in [9.17, 15) is 0 Å².